The molecule has 0 radical (unpaired) electrons. The van der Waals surface area contributed by atoms with Gasteiger partial charge in [-0.05, 0) is 49.6 Å². The Morgan fingerprint density at radius 1 is 1.19 bits per heavy atom. The smallest absolute Gasteiger partial charge is 0.220 e. The average molecular weight is 349 g/mol. The van der Waals surface area contributed by atoms with Crippen molar-refractivity contribution in [1.82, 2.24) is 20.1 Å². The van der Waals surface area contributed by atoms with Gasteiger partial charge in [0.15, 0.2) is 5.82 Å². The van der Waals surface area contributed by atoms with Crippen LogP contribution in [0, 0.1) is 13.8 Å². The summed E-state index contributed by atoms with van der Waals surface area (Å²) in [5.74, 6) is 0.765. The molecule has 0 aliphatic carbocycles. The number of carbonyl (C=O) groups is 1. The van der Waals surface area contributed by atoms with E-state index >= 15 is 0 Å². The number of aryl methyl sites for hydroxylation is 3. The Morgan fingerprint density at radius 2 is 2.00 bits per heavy atom. The van der Waals surface area contributed by atoms with E-state index in [1.165, 1.54) is 0 Å². The van der Waals surface area contributed by atoms with Crippen molar-refractivity contribution in [2.24, 2.45) is 0 Å². The van der Waals surface area contributed by atoms with Gasteiger partial charge in [0.25, 0.3) is 0 Å². The molecule has 0 spiro atoms. The van der Waals surface area contributed by atoms with Gasteiger partial charge in [0.1, 0.15) is 0 Å². The average Bonchev–Trinajstić information content (AvgIpc) is 2.98. The molecule has 0 fully saturated rings. The van der Waals surface area contributed by atoms with Gasteiger partial charge in [-0.25, -0.2) is 9.67 Å². The van der Waals surface area contributed by atoms with Crippen molar-refractivity contribution in [3.8, 4) is 5.82 Å². The minimum absolute atomic E-state index is 0.00382. The number of aromatic nitrogens is 3. The third-order valence-electron chi connectivity index (χ3n) is 4.20. The number of benzene rings is 1. The van der Waals surface area contributed by atoms with Gasteiger partial charge in [-0.3, -0.25) is 4.79 Å². The van der Waals surface area contributed by atoms with Crippen molar-refractivity contribution in [2.75, 3.05) is 5.73 Å². The maximum Gasteiger partial charge on any atom is 0.220 e. The molecule has 0 bridgehead atoms. The van der Waals surface area contributed by atoms with E-state index in [1.54, 1.807) is 6.20 Å². The molecule has 6 nitrogen and oxygen atoms in total. The Labute approximate surface area is 153 Å². The lowest BCUT2D eigenvalue weighted by Crippen LogP contribution is -2.23. The Balaban J connectivity index is 1.52. The predicted octanol–water partition coefficient (Wildman–Crippen LogP) is 2.72. The zero-order valence-corrected chi connectivity index (χ0v) is 15.1. The van der Waals surface area contributed by atoms with Crippen molar-refractivity contribution in [3.63, 3.8) is 0 Å². The first-order valence-corrected chi connectivity index (χ1v) is 8.61. The van der Waals surface area contributed by atoms with Crippen LogP contribution in [0.15, 0.2) is 48.7 Å². The van der Waals surface area contributed by atoms with Gasteiger partial charge in [0, 0.05) is 30.5 Å². The first-order valence-electron chi connectivity index (χ1n) is 8.61. The zero-order chi connectivity index (χ0) is 18.5. The molecule has 3 aromatic rings. The molecule has 1 amide bonds. The van der Waals surface area contributed by atoms with Crippen molar-refractivity contribution in [2.45, 2.75) is 33.2 Å². The molecule has 3 rings (SSSR count). The Morgan fingerprint density at radius 3 is 2.65 bits per heavy atom. The maximum atomic E-state index is 12.1. The molecule has 134 valence electrons. The van der Waals surface area contributed by atoms with E-state index in [-0.39, 0.29) is 5.91 Å². The molecule has 1 aromatic carbocycles. The van der Waals surface area contributed by atoms with Crippen molar-refractivity contribution < 1.29 is 4.79 Å². The molecule has 26 heavy (non-hydrogen) atoms. The quantitative estimate of drug-likeness (QED) is 0.670. The van der Waals surface area contributed by atoms with Crippen molar-refractivity contribution in [1.29, 1.82) is 0 Å². The highest BCUT2D eigenvalue weighted by molar-refractivity contribution is 5.76. The van der Waals surface area contributed by atoms with Crippen LogP contribution in [-0.4, -0.2) is 20.7 Å². The summed E-state index contributed by atoms with van der Waals surface area (Å²) >= 11 is 0. The number of pyridine rings is 1. The lowest BCUT2D eigenvalue weighted by molar-refractivity contribution is -0.121. The van der Waals surface area contributed by atoms with Crippen LogP contribution in [0.5, 0.6) is 0 Å². The van der Waals surface area contributed by atoms with Gasteiger partial charge >= 0.3 is 0 Å². The second-order valence-corrected chi connectivity index (χ2v) is 6.34. The maximum absolute atomic E-state index is 12.1. The number of nitrogens with two attached hydrogens (primary N) is 1. The second-order valence-electron chi connectivity index (χ2n) is 6.34. The summed E-state index contributed by atoms with van der Waals surface area (Å²) in [5.41, 5.74) is 10.6. The van der Waals surface area contributed by atoms with Gasteiger partial charge in [-0.2, -0.15) is 5.10 Å². The summed E-state index contributed by atoms with van der Waals surface area (Å²) in [6, 6.07) is 13.5. The fourth-order valence-electron chi connectivity index (χ4n) is 2.81. The highest BCUT2D eigenvalue weighted by Gasteiger charge is 2.07. The number of amides is 1. The van der Waals surface area contributed by atoms with Crippen molar-refractivity contribution in [3.05, 3.63) is 71.2 Å². The van der Waals surface area contributed by atoms with Crippen LogP contribution in [0.4, 0.5) is 5.69 Å². The zero-order valence-electron chi connectivity index (χ0n) is 15.1. The number of nitrogens with zero attached hydrogens (tertiary/aromatic N) is 3. The minimum atomic E-state index is -0.00382. The van der Waals surface area contributed by atoms with E-state index in [0.717, 1.165) is 34.0 Å². The van der Waals surface area contributed by atoms with Crippen LogP contribution in [-0.2, 0) is 17.8 Å². The monoisotopic (exact) mass is 349 g/mol. The van der Waals surface area contributed by atoms with Crippen molar-refractivity contribution >= 4 is 11.6 Å². The number of para-hydroxylation sites is 1. The Hall–Kier alpha value is -3.15. The normalized spacial score (nSPS) is 10.7. The fraction of sp³-hybridized carbons (Fsp3) is 0.250. The number of hydrogen-bond acceptors (Lipinski definition) is 4. The SMILES string of the molecule is Cc1cc(C)n(-c2ccc(CNC(=O)CCc3ccccc3N)cn2)n1. The second kappa shape index (κ2) is 7.82. The molecule has 6 heteroatoms. The minimum Gasteiger partial charge on any atom is -0.399 e. The number of nitrogens with one attached hydrogen (secondary N) is 1. The summed E-state index contributed by atoms with van der Waals surface area (Å²) in [7, 11) is 0. The Kier molecular flexibility index (Phi) is 5.31. The molecule has 2 aromatic heterocycles. The first-order chi connectivity index (χ1) is 12.5. The van der Waals surface area contributed by atoms with E-state index in [0.29, 0.717) is 19.4 Å². The highest BCUT2D eigenvalue weighted by atomic mass is 16.1. The molecule has 0 unspecified atom stereocenters. The Bertz CT molecular complexity index is 899. The third-order valence-corrected chi connectivity index (χ3v) is 4.20. The fourth-order valence-corrected chi connectivity index (χ4v) is 2.81. The van der Waals surface area contributed by atoms with Crippen LogP contribution in [0.3, 0.4) is 0 Å². The standard InChI is InChI=1S/C20H23N5O/c1-14-11-15(2)25(24-14)19-9-7-16(12-22-19)13-23-20(26)10-8-17-5-3-4-6-18(17)21/h3-7,9,11-12H,8,10,13,21H2,1-2H3,(H,23,26). The van der Waals surface area contributed by atoms with Gasteiger partial charge in [-0.1, -0.05) is 24.3 Å². The molecular formula is C20H23N5O. The summed E-state index contributed by atoms with van der Waals surface area (Å²) < 4.78 is 1.81. The highest BCUT2D eigenvalue weighted by Crippen LogP contribution is 2.13. The number of rotatable bonds is 6. The van der Waals surface area contributed by atoms with Crippen LogP contribution in [0.25, 0.3) is 5.82 Å². The number of hydrogen-bond donors (Lipinski definition) is 2. The molecule has 0 aliphatic heterocycles. The molecule has 0 atom stereocenters. The van der Waals surface area contributed by atoms with Crippen LogP contribution in [0.2, 0.25) is 0 Å². The molecule has 0 saturated carbocycles. The van der Waals surface area contributed by atoms with Gasteiger partial charge in [0.05, 0.1) is 5.69 Å². The van der Waals surface area contributed by atoms with E-state index in [1.807, 2.05) is 61.0 Å². The lowest BCUT2D eigenvalue weighted by Gasteiger charge is -2.08. The molecule has 0 saturated heterocycles. The summed E-state index contributed by atoms with van der Waals surface area (Å²) in [6.07, 6.45) is 2.81. The van der Waals surface area contributed by atoms with E-state index in [2.05, 4.69) is 15.4 Å². The third kappa shape index (κ3) is 4.27. The predicted molar refractivity (Wildman–Crippen MR) is 102 cm³/mol. The largest absolute Gasteiger partial charge is 0.399 e. The first kappa shape index (κ1) is 17.7. The number of anilines is 1. The summed E-state index contributed by atoms with van der Waals surface area (Å²) in [5, 5.41) is 7.34. The molecule has 0 aliphatic rings. The topological polar surface area (TPSA) is 85.8 Å². The van der Waals surface area contributed by atoms with E-state index in [9.17, 15) is 4.79 Å². The van der Waals surface area contributed by atoms with Gasteiger partial charge < -0.3 is 11.1 Å². The summed E-state index contributed by atoms with van der Waals surface area (Å²) in [4.78, 5) is 16.5. The van der Waals surface area contributed by atoms with Gasteiger partial charge in [-0.15, -0.1) is 0 Å². The van der Waals surface area contributed by atoms with Crippen LogP contribution < -0.4 is 11.1 Å². The molecule has 2 heterocycles. The number of nitrogen functional groups attached to an aromatic ring is 1. The van der Waals surface area contributed by atoms with Crippen LogP contribution in [0.1, 0.15) is 28.9 Å². The molecule has 3 N–H and O–H groups in total. The number of carbonyl (C=O) groups excluding carboxylic acids is 1. The van der Waals surface area contributed by atoms with E-state index in [4.69, 9.17) is 5.73 Å². The van der Waals surface area contributed by atoms with Crippen LogP contribution >= 0.6 is 0 Å². The lowest BCUT2D eigenvalue weighted by atomic mass is 10.1. The van der Waals surface area contributed by atoms with Gasteiger partial charge in [0.2, 0.25) is 5.91 Å². The molecular weight excluding hydrogens is 326 g/mol. The van der Waals surface area contributed by atoms with E-state index < -0.39 is 0 Å². The summed E-state index contributed by atoms with van der Waals surface area (Å²) in [6.45, 7) is 4.40.